The Balaban J connectivity index is 0. The first-order valence-corrected chi connectivity index (χ1v) is 3.27. The lowest BCUT2D eigenvalue weighted by Crippen LogP contribution is -2.18. The van der Waals surface area contributed by atoms with E-state index in [1.54, 1.807) is 0 Å². The van der Waals surface area contributed by atoms with Crippen LogP contribution in [0.1, 0.15) is 6.92 Å². The number of aliphatic hydroxyl groups is 2. The van der Waals surface area contributed by atoms with Gasteiger partial charge in [-0.1, -0.05) is 0 Å². The zero-order chi connectivity index (χ0) is 8.57. The van der Waals surface area contributed by atoms with Crippen LogP contribution in [0.5, 0.6) is 0 Å². The third-order valence-electron chi connectivity index (χ3n) is 0.328. The molecule has 0 aromatic heterocycles. The summed E-state index contributed by atoms with van der Waals surface area (Å²) in [5.74, 6) is 0. The largest absolute Gasteiger partial charge is 0.487 e. The smallest absolute Gasteiger partial charge is 0.254 e. The second-order valence-electron chi connectivity index (χ2n) is 1.17. The molecule has 0 unspecified atom stereocenters. The third-order valence-corrected chi connectivity index (χ3v) is 0.472. The van der Waals surface area contributed by atoms with Gasteiger partial charge in [0, 0.05) is 6.54 Å². The SMILES string of the molecule is CCNC(O)=S.NC(O)=S. The molecule has 6 heteroatoms. The van der Waals surface area contributed by atoms with Gasteiger partial charge in [-0.05, 0) is 31.4 Å². The van der Waals surface area contributed by atoms with Gasteiger partial charge in [-0.15, -0.1) is 0 Å². The molecular weight excluding hydrogens is 172 g/mol. The maximum atomic E-state index is 8.17. The number of thiocarbonyl (C=S) groups is 2. The Labute approximate surface area is 70.0 Å². The first-order valence-electron chi connectivity index (χ1n) is 2.45. The first-order chi connectivity index (χ1) is 4.50. The van der Waals surface area contributed by atoms with Gasteiger partial charge in [0.15, 0.2) is 0 Å². The van der Waals surface area contributed by atoms with Gasteiger partial charge < -0.3 is 21.3 Å². The van der Waals surface area contributed by atoms with Gasteiger partial charge in [0.1, 0.15) is 0 Å². The molecule has 0 saturated heterocycles. The summed E-state index contributed by atoms with van der Waals surface area (Å²) in [5, 5.41) is 17.6. The molecule has 0 aromatic carbocycles. The molecule has 0 heterocycles. The van der Waals surface area contributed by atoms with Crippen LogP contribution >= 0.6 is 24.4 Å². The van der Waals surface area contributed by atoms with Crippen molar-refractivity contribution in [1.82, 2.24) is 5.32 Å². The van der Waals surface area contributed by atoms with E-state index >= 15 is 0 Å². The van der Waals surface area contributed by atoms with Gasteiger partial charge in [-0.25, -0.2) is 0 Å². The first kappa shape index (κ1) is 12.1. The van der Waals surface area contributed by atoms with Crippen molar-refractivity contribution in [3.63, 3.8) is 0 Å². The van der Waals surface area contributed by atoms with Crippen LogP contribution in [0.3, 0.4) is 0 Å². The molecule has 10 heavy (non-hydrogen) atoms. The molecule has 0 fully saturated rings. The second-order valence-corrected chi connectivity index (χ2v) is 1.98. The lowest BCUT2D eigenvalue weighted by Gasteiger charge is -1.91. The summed E-state index contributed by atoms with van der Waals surface area (Å²) in [6.45, 7) is 2.55. The second kappa shape index (κ2) is 8.38. The van der Waals surface area contributed by atoms with Crippen LogP contribution < -0.4 is 11.1 Å². The number of nitrogens with one attached hydrogen (secondary N) is 1. The Kier molecular flexibility index (Phi) is 10.1. The summed E-state index contributed by atoms with van der Waals surface area (Å²) in [6.07, 6.45) is 0. The van der Waals surface area contributed by atoms with E-state index in [0.717, 1.165) is 0 Å². The summed E-state index contributed by atoms with van der Waals surface area (Å²) in [4.78, 5) is 0. The van der Waals surface area contributed by atoms with E-state index < -0.39 is 5.17 Å². The maximum absolute atomic E-state index is 8.17. The van der Waals surface area contributed by atoms with Crippen LogP contribution in [0.4, 0.5) is 0 Å². The molecule has 0 radical (unpaired) electrons. The van der Waals surface area contributed by atoms with Gasteiger partial charge in [0.25, 0.3) is 10.3 Å². The van der Waals surface area contributed by atoms with E-state index in [-0.39, 0.29) is 5.17 Å². The number of hydrogen-bond acceptors (Lipinski definition) is 2. The van der Waals surface area contributed by atoms with E-state index in [2.05, 4.69) is 35.5 Å². The summed E-state index contributed by atoms with van der Waals surface area (Å²) < 4.78 is 0. The van der Waals surface area contributed by atoms with Crippen molar-refractivity contribution in [2.75, 3.05) is 6.54 Å². The Morgan fingerprint density at radius 3 is 1.80 bits per heavy atom. The number of nitrogens with two attached hydrogens (primary N) is 1. The summed E-state index contributed by atoms with van der Waals surface area (Å²) >= 11 is 8.11. The third kappa shape index (κ3) is 53.0. The van der Waals surface area contributed by atoms with Crippen molar-refractivity contribution in [3.05, 3.63) is 0 Å². The normalized spacial score (nSPS) is 6.90. The predicted octanol–water partition coefficient (Wildman–Crippen LogP) is 0.227. The highest BCUT2D eigenvalue weighted by Crippen LogP contribution is 1.56. The lowest BCUT2D eigenvalue weighted by atomic mass is 10.8. The van der Waals surface area contributed by atoms with Crippen LogP contribution in [0.15, 0.2) is 0 Å². The predicted molar refractivity (Wildman–Crippen MR) is 48.3 cm³/mol. The number of aliphatic hydroxyl groups excluding tert-OH is 2. The zero-order valence-corrected chi connectivity index (χ0v) is 7.13. The van der Waals surface area contributed by atoms with Gasteiger partial charge in [-0.2, -0.15) is 0 Å². The van der Waals surface area contributed by atoms with E-state index in [1.807, 2.05) is 6.92 Å². The molecule has 5 N–H and O–H groups in total. The minimum Gasteiger partial charge on any atom is -0.487 e. The Hall–Kier alpha value is -0.620. The topological polar surface area (TPSA) is 78.5 Å². The van der Waals surface area contributed by atoms with Gasteiger partial charge in [0.2, 0.25) is 0 Å². The maximum Gasteiger partial charge on any atom is 0.254 e. The molecule has 0 aliphatic heterocycles. The molecular formula is C4H10N2O2S2. The minimum absolute atomic E-state index is 0.127. The standard InChI is InChI=1S/C3H7NOS.CH3NOS/c1-2-4-3(5)6;2-1(3)4/h2H2,1H3,(H2,4,5,6);(H3,2,3,4). The average Bonchev–Trinajstić information content (AvgIpc) is 1.62. The van der Waals surface area contributed by atoms with E-state index in [4.69, 9.17) is 10.2 Å². The molecule has 0 spiro atoms. The molecule has 0 atom stereocenters. The van der Waals surface area contributed by atoms with Crippen molar-refractivity contribution in [1.29, 1.82) is 0 Å². The van der Waals surface area contributed by atoms with E-state index in [1.165, 1.54) is 0 Å². The summed E-state index contributed by atoms with van der Waals surface area (Å²) in [7, 11) is 0. The average molecular weight is 182 g/mol. The van der Waals surface area contributed by atoms with Crippen molar-refractivity contribution < 1.29 is 10.2 Å². The quantitative estimate of drug-likeness (QED) is 0.435. The van der Waals surface area contributed by atoms with Crippen molar-refractivity contribution in [3.8, 4) is 0 Å². The van der Waals surface area contributed by atoms with Crippen LogP contribution in [0.25, 0.3) is 0 Å². The van der Waals surface area contributed by atoms with Crippen LogP contribution in [0, 0.1) is 0 Å². The molecule has 0 saturated carbocycles. The number of hydrogen-bond donors (Lipinski definition) is 4. The van der Waals surface area contributed by atoms with Crippen molar-refractivity contribution in [2.45, 2.75) is 6.92 Å². The highest BCUT2D eigenvalue weighted by atomic mass is 32.1. The summed E-state index contributed by atoms with van der Waals surface area (Å²) in [6, 6.07) is 0. The monoisotopic (exact) mass is 182 g/mol. The highest BCUT2D eigenvalue weighted by Gasteiger charge is 1.77. The molecule has 0 rings (SSSR count). The molecule has 60 valence electrons. The Morgan fingerprint density at radius 2 is 1.80 bits per heavy atom. The fourth-order valence-corrected chi connectivity index (χ4v) is 0.296. The van der Waals surface area contributed by atoms with Crippen molar-refractivity contribution >= 4 is 34.8 Å². The zero-order valence-electron chi connectivity index (χ0n) is 5.50. The van der Waals surface area contributed by atoms with E-state index in [0.29, 0.717) is 6.54 Å². The highest BCUT2D eigenvalue weighted by molar-refractivity contribution is 7.80. The van der Waals surface area contributed by atoms with E-state index in [9.17, 15) is 0 Å². The minimum atomic E-state index is -0.500. The molecule has 0 aliphatic carbocycles. The van der Waals surface area contributed by atoms with Crippen LogP contribution in [-0.4, -0.2) is 27.1 Å². The fourth-order valence-electron chi connectivity index (χ4n) is 0.151. The fraction of sp³-hybridized carbons (Fsp3) is 0.500. The van der Waals surface area contributed by atoms with Crippen molar-refractivity contribution in [2.24, 2.45) is 5.73 Å². The Morgan fingerprint density at radius 1 is 1.50 bits per heavy atom. The molecule has 4 nitrogen and oxygen atoms in total. The molecule has 0 amide bonds. The van der Waals surface area contributed by atoms with Crippen LogP contribution in [0.2, 0.25) is 0 Å². The lowest BCUT2D eigenvalue weighted by molar-refractivity contribution is 0.535. The van der Waals surface area contributed by atoms with Gasteiger partial charge in [-0.3, -0.25) is 0 Å². The Bertz CT molecular complexity index is 114. The molecule has 0 aromatic rings. The van der Waals surface area contributed by atoms with Crippen LogP contribution in [-0.2, 0) is 0 Å². The summed E-state index contributed by atoms with van der Waals surface area (Å²) in [5.41, 5.74) is 4.40. The number of rotatable bonds is 1. The molecule has 0 bridgehead atoms. The van der Waals surface area contributed by atoms with Gasteiger partial charge >= 0.3 is 0 Å². The molecule has 0 aliphatic rings. The van der Waals surface area contributed by atoms with Gasteiger partial charge in [0.05, 0.1) is 0 Å².